The van der Waals surface area contributed by atoms with Crippen molar-refractivity contribution in [3.8, 4) is 0 Å². The first kappa shape index (κ1) is 16.5. The van der Waals surface area contributed by atoms with Crippen LogP contribution in [0.15, 0.2) is 66.7 Å². The SMILES string of the molecule is O=C(c1cccc2ccccc12)N1CC[C@H](N2CCc3ccccc3C2)C1. The van der Waals surface area contributed by atoms with Gasteiger partial charge in [0, 0.05) is 37.8 Å². The van der Waals surface area contributed by atoms with E-state index in [-0.39, 0.29) is 5.91 Å². The second-order valence-corrected chi connectivity index (χ2v) is 7.71. The number of hydrogen-bond donors (Lipinski definition) is 0. The van der Waals surface area contributed by atoms with Gasteiger partial charge in [-0.3, -0.25) is 9.69 Å². The second-order valence-electron chi connectivity index (χ2n) is 7.71. The van der Waals surface area contributed by atoms with Gasteiger partial charge in [0.2, 0.25) is 0 Å². The number of likely N-dealkylation sites (tertiary alicyclic amines) is 1. The maximum Gasteiger partial charge on any atom is 0.254 e. The molecule has 0 unspecified atom stereocenters. The third-order valence-electron chi connectivity index (χ3n) is 6.15. The highest BCUT2D eigenvalue weighted by Gasteiger charge is 2.32. The highest BCUT2D eigenvalue weighted by molar-refractivity contribution is 6.07. The van der Waals surface area contributed by atoms with Gasteiger partial charge in [-0.05, 0) is 40.8 Å². The molecule has 2 heterocycles. The minimum atomic E-state index is 0.173. The highest BCUT2D eigenvalue weighted by atomic mass is 16.2. The van der Waals surface area contributed by atoms with Crippen LogP contribution in [0.1, 0.15) is 27.9 Å². The van der Waals surface area contributed by atoms with Gasteiger partial charge in [0.25, 0.3) is 5.91 Å². The van der Waals surface area contributed by atoms with Crippen LogP contribution in [-0.2, 0) is 13.0 Å². The van der Waals surface area contributed by atoms with Crippen molar-refractivity contribution in [2.45, 2.75) is 25.4 Å². The molecule has 3 aromatic carbocycles. The molecule has 1 atom stereocenters. The first-order valence-corrected chi connectivity index (χ1v) is 9.87. The van der Waals surface area contributed by atoms with Crippen molar-refractivity contribution >= 4 is 16.7 Å². The summed E-state index contributed by atoms with van der Waals surface area (Å²) < 4.78 is 0. The lowest BCUT2D eigenvalue weighted by atomic mass is 9.98. The first-order valence-electron chi connectivity index (χ1n) is 9.87. The van der Waals surface area contributed by atoms with Crippen LogP contribution in [0.2, 0.25) is 0 Å². The van der Waals surface area contributed by atoms with Crippen LogP contribution in [0.3, 0.4) is 0 Å². The molecule has 3 aromatic rings. The number of benzene rings is 3. The molecule has 0 spiro atoms. The van der Waals surface area contributed by atoms with Crippen molar-refractivity contribution < 1.29 is 4.79 Å². The van der Waals surface area contributed by atoms with Crippen molar-refractivity contribution in [1.82, 2.24) is 9.80 Å². The Morgan fingerprint density at radius 2 is 1.63 bits per heavy atom. The van der Waals surface area contributed by atoms with Gasteiger partial charge in [-0.2, -0.15) is 0 Å². The summed E-state index contributed by atoms with van der Waals surface area (Å²) in [7, 11) is 0. The molecule has 0 radical (unpaired) electrons. The van der Waals surface area contributed by atoms with E-state index >= 15 is 0 Å². The molecule has 3 heteroatoms. The van der Waals surface area contributed by atoms with E-state index in [4.69, 9.17) is 0 Å². The lowest BCUT2D eigenvalue weighted by Crippen LogP contribution is -2.41. The molecule has 0 aromatic heterocycles. The fraction of sp³-hybridized carbons (Fsp3) is 0.292. The van der Waals surface area contributed by atoms with Gasteiger partial charge in [0.1, 0.15) is 0 Å². The Labute approximate surface area is 160 Å². The number of amides is 1. The molecular formula is C24H24N2O. The summed E-state index contributed by atoms with van der Waals surface area (Å²) in [5.41, 5.74) is 3.76. The van der Waals surface area contributed by atoms with Crippen LogP contribution < -0.4 is 0 Å². The molecule has 1 saturated heterocycles. The van der Waals surface area contributed by atoms with Crippen molar-refractivity contribution in [3.05, 3.63) is 83.4 Å². The number of carbonyl (C=O) groups is 1. The third kappa shape index (κ3) is 3.02. The van der Waals surface area contributed by atoms with Crippen LogP contribution in [0.5, 0.6) is 0 Å². The van der Waals surface area contributed by atoms with E-state index in [1.807, 2.05) is 29.2 Å². The van der Waals surface area contributed by atoms with E-state index in [9.17, 15) is 4.79 Å². The Morgan fingerprint density at radius 3 is 2.56 bits per heavy atom. The Kier molecular flexibility index (Phi) is 4.17. The van der Waals surface area contributed by atoms with Crippen molar-refractivity contribution in [1.29, 1.82) is 0 Å². The minimum absolute atomic E-state index is 0.173. The summed E-state index contributed by atoms with van der Waals surface area (Å²) in [6, 6.07) is 23.4. The summed E-state index contributed by atoms with van der Waals surface area (Å²) in [6.45, 7) is 3.80. The number of fused-ring (bicyclic) bond motifs is 2. The van der Waals surface area contributed by atoms with E-state index in [1.165, 1.54) is 11.1 Å². The average Bonchev–Trinajstić information content (AvgIpc) is 3.23. The van der Waals surface area contributed by atoms with Gasteiger partial charge in [-0.1, -0.05) is 60.7 Å². The molecule has 2 aliphatic heterocycles. The molecule has 0 bridgehead atoms. The van der Waals surface area contributed by atoms with E-state index in [0.29, 0.717) is 6.04 Å². The molecule has 2 aliphatic rings. The zero-order valence-electron chi connectivity index (χ0n) is 15.5. The number of nitrogens with zero attached hydrogens (tertiary/aromatic N) is 2. The zero-order chi connectivity index (χ0) is 18.2. The lowest BCUT2D eigenvalue weighted by molar-refractivity contribution is 0.0775. The van der Waals surface area contributed by atoms with Crippen molar-refractivity contribution in [2.24, 2.45) is 0 Å². The van der Waals surface area contributed by atoms with Crippen LogP contribution in [0.25, 0.3) is 10.8 Å². The largest absolute Gasteiger partial charge is 0.337 e. The molecule has 1 fully saturated rings. The molecule has 1 amide bonds. The van der Waals surface area contributed by atoms with Gasteiger partial charge >= 0.3 is 0 Å². The van der Waals surface area contributed by atoms with E-state index in [1.54, 1.807) is 0 Å². The third-order valence-corrected chi connectivity index (χ3v) is 6.15. The molecule has 0 aliphatic carbocycles. The Bertz CT molecular complexity index is 991. The zero-order valence-corrected chi connectivity index (χ0v) is 15.5. The summed E-state index contributed by atoms with van der Waals surface area (Å²) in [5.74, 6) is 0.173. The predicted molar refractivity (Wildman–Crippen MR) is 109 cm³/mol. The summed E-state index contributed by atoms with van der Waals surface area (Å²) in [4.78, 5) is 17.8. The maximum absolute atomic E-state index is 13.2. The summed E-state index contributed by atoms with van der Waals surface area (Å²) in [6.07, 6.45) is 2.18. The Balaban J connectivity index is 1.33. The number of rotatable bonds is 2. The Morgan fingerprint density at radius 1 is 0.852 bits per heavy atom. The quantitative estimate of drug-likeness (QED) is 0.690. The summed E-state index contributed by atoms with van der Waals surface area (Å²) in [5, 5.41) is 2.19. The average molecular weight is 356 g/mol. The van der Waals surface area contributed by atoms with E-state index in [2.05, 4.69) is 47.4 Å². The van der Waals surface area contributed by atoms with Crippen molar-refractivity contribution in [2.75, 3.05) is 19.6 Å². The first-order chi connectivity index (χ1) is 13.3. The minimum Gasteiger partial charge on any atom is -0.337 e. The van der Waals surface area contributed by atoms with Gasteiger partial charge in [0.15, 0.2) is 0 Å². The molecular weight excluding hydrogens is 332 g/mol. The molecule has 27 heavy (non-hydrogen) atoms. The monoisotopic (exact) mass is 356 g/mol. The molecule has 136 valence electrons. The standard InChI is InChI=1S/C24H24N2O/c27-24(23-11-5-9-19-7-3-4-10-22(19)23)26-15-13-21(17-26)25-14-12-18-6-1-2-8-20(18)16-25/h1-11,21H,12-17H2/t21-/m0/s1. The lowest BCUT2D eigenvalue weighted by Gasteiger charge is -2.33. The van der Waals surface area contributed by atoms with Gasteiger partial charge < -0.3 is 4.90 Å². The van der Waals surface area contributed by atoms with Crippen molar-refractivity contribution in [3.63, 3.8) is 0 Å². The van der Waals surface area contributed by atoms with E-state index < -0.39 is 0 Å². The fourth-order valence-electron chi connectivity index (χ4n) is 4.64. The Hall–Kier alpha value is -2.65. The van der Waals surface area contributed by atoms with Gasteiger partial charge in [0.05, 0.1) is 0 Å². The molecule has 3 nitrogen and oxygen atoms in total. The van der Waals surface area contributed by atoms with Crippen LogP contribution >= 0.6 is 0 Å². The molecule has 5 rings (SSSR count). The van der Waals surface area contributed by atoms with Crippen LogP contribution in [0.4, 0.5) is 0 Å². The predicted octanol–water partition coefficient (Wildman–Crippen LogP) is 4.11. The second kappa shape index (κ2) is 6.82. The topological polar surface area (TPSA) is 23.6 Å². The van der Waals surface area contributed by atoms with Gasteiger partial charge in [-0.25, -0.2) is 0 Å². The molecule has 0 saturated carbocycles. The smallest absolute Gasteiger partial charge is 0.254 e. The van der Waals surface area contributed by atoms with Crippen LogP contribution in [0, 0.1) is 0 Å². The maximum atomic E-state index is 13.2. The summed E-state index contributed by atoms with van der Waals surface area (Å²) >= 11 is 0. The van der Waals surface area contributed by atoms with Crippen LogP contribution in [-0.4, -0.2) is 41.4 Å². The highest BCUT2D eigenvalue weighted by Crippen LogP contribution is 2.26. The van der Waals surface area contributed by atoms with E-state index in [0.717, 1.165) is 55.4 Å². The number of hydrogen-bond acceptors (Lipinski definition) is 2. The molecule has 0 N–H and O–H groups in total. The fourth-order valence-corrected chi connectivity index (χ4v) is 4.64. The normalized spacial score (nSPS) is 20.0. The van der Waals surface area contributed by atoms with Gasteiger partial charge in [-0.15, -0.1) is 0 Å². The number of carbonyl (C=O) groups excluding carboxylic acids is 1.